The number of carbonyl (C=O) groups excluding carboxylic acids is 1. The maximum Gasteiger partial charge on any atom is 0.303 e. The van der Waals surface area contributed by atoms with Gasteiger partial charge in [-0.3, -0.25) is 9.59 Å². The van der Waals surface area contributed by atoms with E-state index in [-0.39, 0.29) is 12.3 Å². The van der Waals surface area contributed by atoms with Crippen molar-refractivity contribution in [2.24, 2.45) is 5.92 Å². The van der Waals surface area contributed by atoms with Crippen LogP contribution in [0.25, 0.3) is 0 Å². The molecule has 0 aromatic carbocycles. The molecule has 1 amide bonds. The van der Waals surface area contributed by atoms with Crippen LogP contribution in [-0.2, 0) is 9.59 Å². The number of hydrogen-bond donors (Lipinski definition) is 3. The molecule has 0 spiro atoms. The van der Waals surface area contributed by atoms with Crippen molar-refractivity contribution in [3.8, 4) is 0 Å². The summed E-state index contributed by atoms with van der Waals surface area (Å²) in [5.74, 6) is -0.276. The predicted octanol–water partition coefficient (Wildman–Crippen LogP) is 1.38. The van der Waals surface area contributed by atoms with Crippen LogP contribution in [0, 0.1) is 5.92 Å². The van der Waals surface area contributed by atoms with E-state index in [2.05, 4.69) is 17.6 Å². The monoisotopic (exact) mass is 258 g/mol. The number of hydrogen-bond acceptors (Lipinski definition) is 3. The van der Waals surface area contributed by atoms with E-state index in [0.717, 1.165) is 25.8 Å². The predicted molar refractivity (Wildman–Crippen MR) is 71.4 cm³/mol. The number of aliphatic carboxylic acids is 1. The number of carbonyl (C=O) groups is 2. The highest BCUT2D eigenvalue weighted by molar-refractivity contribution is 5.75. The largest absolute Gasteiger partial charge is 0.481 e. The Bertz CT molecular complexity index is 244. The Hall–Kier alpha value is -1.10. The van der Waals surface area contributed by atoms with Crippen LogP contribution in [-0.4, -0.2) is 37.1 Å². The lowest BCUT2D eigenvalue weighted by Crippen LogP contribution is -2.26. The zero-order valence-electron chi connectivity index (χ0n) is 11.5. The van der Waals surface area contributed by atoms with E-state index >= 15 is 0 Å². The highest BCUT2D eigenvalue weighted by atomic mass is 16.4. The number of carboxylic acids is 1. The maximum atomic E-state index is 11.4. The molecular formula is C13H26N2O3. The molecule has 5 heteroatoms. The van der Waals surface area contributed by atoms with Gasteiger partial charge in [0.1, 0.15) is 0 Å². The molecule has 0 aromatic rings. The van der Waals surface area contributed by atoms with E-state index in [9.17, 15) is 9.59 Å². The van der Waals surface area contributed by atoms with E-state index in [0.29, 0.717) is 25.3 Å². The third-order valence-corrected chi connectivity index (χ3v) is 3.05. The van der Waals surface area contributed by atoms with Crippen molar-refractivity contribution in [1.29, 1.82) is 0 Å². The Balaban J connectivity index is 3.59. The lowest BCUT2D eigenvalue weighted by Gasteiger charge is -2.14. The van der Waals surface area contributed by atoms with Crippen molar-refractivity contribution in [3.63, 3.8) is 0 Å². The van der Waals surface area contributed by atoms with Crippen LogP contribution in [0.2, 0.25) is 0 Å². The van der Waals surface area contributed by atoms with Gasteiger partial charge in [0.25, 0.3) is 0 Å². The molecule has 1 atom stereocenters. The minimum Gasteiger partial charge on any atom is -0.481 e. The molecule has 106 valence electrons. The smallest absolute Gasteiger partial charge is 0.303 e. The Morgan fingerprint density at radius 2 is 1.89 bits per heavy atom. The molecule has 0 rings (SSSR count). The summed E-state index contributed by atoms with van der Waals surface area (Å²) in [7, 11) is 1.87. The van der Waals surface area contributed by atoms with Gasteiger partial charge in [0.2, 0.25) is 5.91 Å². The van der Waals surface area contributed by atoms with Crippen molar-refractivity contribution in [3.05, 3.63) is 0 Å². The van der Waals surface area contributed by atoms with Crippen LogP contribution < -0.4 is 10.6 Å². The second-order valence-corrected chi connectivity index (χ2v) is 4.55. The summed E-state index contributed by atoms with van der Waals surface area (Å²) >= 11 is 0. The normalized spacial score (nSPS) is 12.1. The molecule has 0 aliphatic carbocycles. The zero-order chi connectivity index (χ0) is 13.8. The van der Waals surface area contributed by atoms with Gasteiger partial charge in [0, 0.05) is 19.4 Å². The Morgan fingerprint density at radius 1 is 1.17 bits per heavy atom. The van der Waals surface area contributed by atoms with E-state index in [1.54, 1.807) is 0 Å². The highest BCUT2D eigenvalue weighted by Gasteiger charge is 2.09. The van der Waals surface area contributed by atoms with Crippen LogP contribution >= 0.6 is 0 Å². The zero-order valence-corrected chi connectivity index (χ0v) is 11.5. The Labute approximate surface area is 109 Å². The van der Waals surface area contributed by atoms with Crippen molar-refractivity contribution in [2.75, 3.05) is 20.1 Å². The first-order chi connectivity index (χ1) is 8.60. The van der Waals surface area contributed by atoms with Gasteiger partial charge in [-0.1, -0.05) is 13.3 Å². The van der Waals surface area contributed by atoms with Crippen molar-refractivity contribution >= 4 is 11.9 Å². The minimum absolute atomic E-state index is 0.0818. The third-order valence-electron chi connectivity index (χ3n) is 3.05. The first-order valence-electron chi connectivity index (χ1n) is 6.73. The lowest BCUT2D eigenvalue weighted by molar-refractivity contribution is -0.137. The molecule has 0 aliphatic heterocycles. The van der Waals surface area contributed by atoms with Crippen molar-refractivity contribution in [1.82, 2.24) is 10.6 Å². The molecule has 1 unspecified atom stereocenters. The standard InChI is InChI=1S/C13H26N2O3/c1-3-11(6-7-13(17)18)8-10-15-12(16)5-4-9-14-2/h11,14H,3-10H2,1-2H3,(H,15,16)(H,17,18). The summed E-state index contributed by atoms with van der Waals surface area (Å²) in [6, 6.07) is 0. The average molecular weight is 258 g/mol. The molecule has 18 heavy (non-hydrogen) atoms. The van der Waals surface area contributed by atoms with Crippen LogP contribution in [0.1, 0.15) is 45.4 Å². The number of nitrogens with one attached hydrogen (secondary N) is 2. The fourth-order valence-corrected chi connectivity index (χ4v) is 1.81. The molecule has 3 N–H and O–H groups in total. The lowest BCUT2D eigenvalue weighted by atomic mass is 9.96. The summed E-state index contributed by atoms with van der Waals surface area (Å²) in [5, 5.41) is 14.5. The third kappa shape index (κ3) is 10.1. The number of amides is 1. The first kappa shape index (κ1) is 16.9. The Kier molecular flexibility index (Phi) is 10.3. The second kappa shape index (κ2) is 11.0. The number of rotatable bonds is 11. The number of carboxylic acid groups (broad SMARTS) is 1. The van der Waals surface area contributed by atoms with Crippen molar-refractivity contribution < 1.29 is 14.7 Å². The van der Waals surface area contributed by atoms with Gasteiger partial charge in [-0.15, -0.1) is 0 Å². The minimum atomic E-state index is -0.746. The average Bonchev–Trinajstić information content (AvgIpc) is 2.33. The van der Waals surface area contributed by atoms with Gasteiger partial charge >= 0.3 is 5.97 Å². The molecule has 0 heterocycles. The van der Waals surface area contributed by atoms with Crippen LogP contribution in [0.15, 0.2) is 0 Å². The van der Waals surface area contributed by atoms with Crippen molar-refractivity contribution in [2.45, 2.75) is 45.4 Å². The van der Waals surface area contributed by atoms with Gasteiger partial charge in [-0.2, -0.15) is 0 Å². The molecule has 0 fully saturated rings. The quantitative estimate of drug-likeness (QED) is 0.489. The molecule has 0 aliphatic rings. The molecular weight excluding hydrogens is 232 g/mol. The molecule has 5 nitrogen and oxygen atoms in total. The molecule has 0 saturated heterocycles. The summed E-state index contributed by atoms with van der Waals surface area (Å²) in [5.41, 5.74) is 0. The van der Waals surface area contributed by atoms with Gasteiger partial charge in [-0.25, -0.2) is 0 Å². The SMILES string of the molecule is CCC(CCNC(=O)CCCNC)CCC(=O)O. The Morgan fingerprint density at radius 3 is 2.44 bits per heavy atom. The fraction of sp³-hybridized carbons (Fsp3) is 0.846. The van der Waals surface area contributed by atoms with Gasteiger partial charge in [0.15, 0.2) is 0 Å². The first-order valence-corrected chi connectivity index (χ1v) is 6.73. The van der Waals surface area contributed by atoms with Gasteiger partial charge in [0.05, 0.1) is 0 Å². The summed E-state index contributed by atoms with van der Waals surface area (Å²) in [6.07, 6.45) is 4.13. The highest BCUT2D eigenvalue weighted by Crippen LogP contribution is 2.14. The van der Waals surface area contributed by atoms with E-state index in [1.165, 1.54) is 0 Å². The van der Waals surface area contributed by atoms with E-state index in [1.807, 2.05) is 7.05 Å². The summed E-state index contributed by atoms with van der Waals surface area (Å²) < 4.78 is 0. The van der Waals surface area contributed by atoms with Crippen LogP contribution in [0.5, 0.6) is 0 Å². The molecule has 0 radical (unpaired) electrons. The van der Waals surface area contributed by atoms with Gasteiger partial charge in [-0.05, 0) is 38.8 Å². The summed E-state index contributed by atoms with van der Waals surface area (Å²) in [6.45, 7) is 3.56. The van der Waals surface area contributed by atoms with Gasteiger partial charge < -0.3 is 15.7 Å². The molecule has 0 saturated carbocycles. The molecule has 0 aromatic heterocycles. The summed E-state index contributed by atoms with van der Waals surface area (Å²) in [4.78, 5) is 21.9. The fourth-order valence-electron chi connectivity index (χ4n) is 1.81. The van der Waals surface area contributed by atoms with Crippen LogP contribution in [0.3, 0.4) is 0 Å². The maximum absolute atomic E-state index is 11.4. The van der Waals surface area contributed by atoms with E-state index in [4.69, 9.17) is 5.11 Å². The second-order valence-electron chi connectivity index (χ2n) is 4.55. The topological polar surface area (TPSA) is 78.4 Å². The van der Waals surface area contributed by atoms with E-state index < -0.39 is 5.97 Å². The van der Waals surface area contributed by atoms with Crippen LogP contribution in [0.4, 0.5) is 0 Å². The molecule has 0 bridgehead atoms.